The molecule has 2 rings (SSSR count). The highest BCUT2D eigenvalue weighted by molar-refractivity contribution is 4.81. The first-order chi connectivity index (χ1) is 7.25. The molecule has 1 unspecified atom stereocenters. The van der Waals surface area contributed by atoms with E-state index in [0.717, 1.165) is 32.5 Å². The highest BCUT2D eigenvalue weighted by atomic mass is 16.3. The monoisotopic (exact) mass is 212 g/mol. The lowest BCUT2D eigenvalue weighted by Gasteiger charge is -2.34. The van der Waals surface area contributed by atoms with Crippen LogP contribution in [0.25, 0.3) is 0 Å². The van der Waals surface area contributed by atoms with E-state index in [1.807, 2.05) is 0 Å². The summed E-state index contributed by atoms with van der Waals surface area (Å²) in [7, 11) is 2.16. The molecule has 0 spiro atoms. The Bertz CT molecular complexity index is 186. The second-order valence-corrected chi connectivity index (χ2v) is 5.24. The maximum atomic E-state index is 10.0. The fourth-order valence-corrected chi connectivity index (χ4v) is 2.48. The average molecular weight is 212 g/mol. The maximum absolute atomic E-state index is 10.0. The zero-order valence-electron chi connectivity index (χ0n) is 9.78. The summed E-state index contributed by atoms with van der Waals surface area (Å²) < 4.78 is 0. The van der Waals surface area contributed by atoms with Crippen LogP contribution >= 0.6 is 0 Å². The molecule has 0 amide bonds. The van der Waals surface area contributed by atoms with Gasteiger partial charge in [0.2, 0.25) is 0 Å². The second kappa shape index (κ2) is 5.28. The number of nitrogens with one attached hydrogen (secondary N) is 1. The summed E-state index contributed by atoms with van der Waals surface area (Å²) in [5, 5.41) is 13.5. The number of nitrogens with zero attached hydrogens (tertiary/aromatic N) is 1. The topological polar surface area (TPSA) is 35.5 Å². The smallest absolute Gasteiger partial charge is 0.0693 e. The highest BCUT2D eigenvalue weighted by Crippen LogP contribution is 2.21. The van der Waals surface area contributed by atoms with Gasteiger partial charge in [0.25, 0.3) is 0 Å². The fourth-order valence-electron chi connectivity index (χ4n) is 2.48. The van der Waals surface area contributed by atoms with Crippen LogP contribution in [0.2, 0.25) is 0 Å². The fraction of sp³-hybridized carbons (Fsp3) is 1.00. The molecule has 0 aromatic heterocycles. The van der Waals surface area contributed by atoms with E-state index in [1.165, 1.54) is 19.3 Å². The van der Waals surface area contributed by atoms with Crippen molar-refractivity contribution >= 4 is 0 Å². The van der Waals surface area contributed by atoms with E-state index in [9.17, 15) is 5.11 Å². The van der Waals surface area contributed by atoms with E-state index in [2.05, 4.69) is 17.3 Å². The maximum Gasteiger partial charge on any atom is 0.0693 e. The summed E-state index contributed by atoms with van der Waals surface area (Å²) in [5.41, 5.74) is 0. The molecule has 0 aromatic carbocycles. The van der Waals surface area contributed by atoms with Crippen molar-refractivity contribution in [1.29, 1.82) is 0 Å². The van der Waals surface area contributed by atoms with Gasteiger partial charge < -0.3 is 15.3 Å². The van der Waals surface area contributed by atoms with E-state index in [1.54, 1.807) is 0 Å². The van der Waals surface area contributed by atoms with Gasteiger partial charge in [0, 0.05) is 12.6 Å². The first-order valence-corrected chi connectivity index (χ1v) is 6.35. The molecule has 3 heteroatoms. The molecule has 0 bridgehead atoms. The normalized spacial score (nSPS) is 27.6. The minimum Gasteiger partial charge on any atom is -0.392 e. The van der Waals surface area contributed by atoms with Crippen molar-refractivity contribution in [3.63, 3.8) is 0 Å². The molecule has 2 N–H and O–H groups in total. The molecule has 88 valence electrons. The van der Waals surface area contributed by atoms with E-state index in [0.29, 0.717) is 12.0 Å². The Morgan fingerprint density at radius 2 is 1.93 bits per heavy atom. The van der Waals surface area contributed by atoms with Gasteiger partial charge in [0.1, 0.15) is 0 Å². The van der Waals surface area contributed by atoms with Crippen molar-refractivity contribution in [2.24, 2.45) is 5.92 Å². The average Bonchev–Trinajstić information content (AvgIpc) is 2.16. The van der Waals surface area contributed by atoms with Crippen molar-refractivity contribution in [1.82, 2.24) is 10.2 Å². The van der Waals surface area contributed by atoms with Crippen LogP contribution in [0, 0.1) is 5.92 Å². The summed E-state index contributed by atoms with van der Waals surface area (Å²) in [5.74, 6) is 0.522. The Balaban J connectivity index is 1.63. The van der Waals surface area contributed by atoms with E-state index in [4.69, 9.17) is 0 Å². The molecule has 15 heavy (non-hydrogen) atoms. The number of piperidine rings is 1. The first kappa shape index (κ1) is 11.4. The van der Waals surface area contributed by atoms with Crippen molar-refractivity contribution in [2.45, 2.75) is 44.2 Å². The van der Waals surface area contributed by atoms with Gasteiger partial charge in [0.15, 0.2) is 0 Å². The third-order valence-electron chi connectivity index (χ3n) is 4.03. The summed E-state index contributed by atoms with van der Waals surface area (Å²) in [6.45, 7) is 3.09. The van der Waals surface area contributed by atoms with Gasteiger partial charge in [-0.3, -0.25) is 0 Å². The molecule has 0 aromatic rings. The Labute approximate surface area is 92.8 Å². The van der Waals surface area contributed by atoms with Crippen LogP contribution in [-0.4, -0.2) is 48.8 Å². The largest absolute Gasteiger partial charge is 0.392 e. The van der Waals surface area contributed by atoms with Crippen LogP contribution in [-0.2, 0) is 0 Å². The SMILES string of the molecule is CN1CCC(C(O)CNC2CCC2)CC1. The summed E-state index contributed by atoms with van der Waals surface area (Å²) in [4.78, 5) is 2.35. The summed E-state index contributed by atoms with van der Waals surface area (Å²) >= 11 is 0. The van der Waals surface area contributed by atoms with Crippen LogP contribution in [0.4, 0.5) is 0 Å². The molecule has 2 fully saturated rings. The quantitative estimate of drug-likeness (QED) is 0.724. The van der Waals surface area contributed by atoms with Crippen LogP contribution in [0.1, 0.15) is 32.1 Å². The predicted molar refractivity (Wildman–Crippen MR) is 61.9 cm³/mol. The van der Waals surface area contributed by atoms with Gasteiger partial charge >= 0.3 is 0 Å². The number of aliphatic hydroxyl groups excluding tert-OH is 1. The molecular weight excluding hydrogens is 188 g/mol. The standard InChI is InChI=1S/C12H24N2O/c1-14-7-5-10(6-8-14)12(15)9-13-11-3-2-4-11/h10-13,15H,2-9H2,1H3. The lowest BCUT2D eigenvalue weighted by atomic mass is 9.89. The van der Waals surface area contributed by atoms with Crippen LogP contribution in [0.15, 0.2) is 0 Å². The van der Waals surface area contributed by atoms with E-state index >= 15 is 0 Å². The Kier molecular flexibility index (Phi) is 4.00. The number of likely N-dealkylation sites (tertiary alicyclic amines) is 1. The van der Waals surface area contributed by atoms with Gasteiger partial charge in [-0.2, -0.15) is 0 Å². The minimum atomic E-state index is -0.126. The van der Waals surface area contributed by atoms with Gasteiger partial charge in [-0.15, -0.1) is 0 Å². The molecule has 0 radical (unpaired) electrons. The Morgan fingerprint density at radius 3 is 2.47 bits per heavy atom. The Morgan fingerprint density at radius 1 is 1.27 bits per heavy atom. The predicted octanol–water partition coefficient (Wildman–Crippen LogP) is 0.831. The molecule has 3 nitrogen and oxygen atoms in total. The summed E-state index contributed by atoms with van der Waals surface area (Å²) in [6.07, 6.45) is 6.16. The zero-order valence-corrected chi connectivity index (χ0v) is 9.78. The van der Waals surface area contributed by atoms with Crippen LogP contribution in [0.3, 0.4) is 0 Å². The number of hydrogen-bond donors (Lipinski definition) is 2. The van der Waals surface area contributed by atoms with Gasteiger partial charge in [-0.25, -0.2) is 0 Å². The molecular formula is C12H24N2O. The minimum absolute atomic E-state index is 0.126. The zero-order chi connectivity index (χ0) is 10.7. The first-order valence-electron chi connectivity index (χ1n) is 6.35. The Hall–Kier alpha value is -0.120. The number of aliphatic hydroxyl groups is 1. The number of rotatable bonds is 4. The molecule has 2 aliphatic rings. The third kappa shape index (κ3) is 3.16. The third-order valence-corrected chi connectivity index (χ3v) is 4.03. The van der Waals surface area contributed by atoms with Gasteiger partial charge in [0.05, 0.1) is 6.10 Å². The van der Waals surface area contributed by atoms with Crippen LogP contribution < -0.4 is 5.32 Å². The molecule has 1 aliphatic heterocycles. The molecule has 1 heterocycles. The van der Waals surface area contributed by atoms with Crippen molar-refractivity contribution in [3.8, 4) is 0 Å². The van der Waals surface area contributed by atoms with E-state index < -0.39 is 0 Å². The van der Waals surface area contributed by atoms with Crippen molar-refractivity contribution < 1.29 is 5.11 Å². The number of hydrogen-bond acceptors (Lipinski definition) is 3. The van der Waals surface area contributed by atoms with Crippen molar-refractivity contribution in [2.75, 3.05) is 26.7 Å². The van der Waals surface area contributed by atoms with Gasteiger partial charge in [-0.1, -0.05) is 6.42 Å². The van der Waals surface area contributed by atoms with E-state index in [-0.39, 0.29) is 6.10 Å². The van der Waals surface area contributed by atoms with Crippen LogP contribution in [0.5, 0.6) is 0 Å². The molecule has 1 aliphatic carbocycles. The lowest BCUT2D eigenvalue weighted by Crippen LogP contribution is -2.44. The molecule has 1 saturated heterocycles. The lowest BCUT2D eigenvalue weighted by molar-refractivity contribution is 0.0612. The summed E-state index contributed by atoms with van der Waals surface area (Å²) in [6, 6.07) is 0.700. The van der Waals surface area contributed by atoms with Gasteiger partial charge in [-0.05, 0) is 51.7 Å². The van der Waals surface area contributed by atoms with Crippen molar-refractivity contribution in [3.05, 3.63) is 0 Å². The second-order valence-electron chi connectivity index (χ2n) is 5.24. The highest BCUT2D eigenvalue weighted by Gasteiger charge is 2.25. The molecule has 1 saturated carbocycles. The molecule has 1 atom stereocenters.